The van der Waals surface area contributed by atoms with E-state index in [0.29, 0.717) is 6.04 Å². The Kier molecular flexibility index (Phi) is 2.47. The molecule has 0 radical (unpaired) electrons. The lowest BCUT2D eigenvalue weighted by molar-refractivity contribution is 0.267. The van der Waals surface area contributed by atoms with Crippen LogP contribution in [0.25, 0.3) is 0 Å². The van der Waals surface area contributed by atoms with Gasteiger partial charge in [0.05, 0.1) is 0 Å². The number of nitrogens with zero attached hydrogens (tertiary/aromatic N) is 1. The second kappa shape index (κ2) is 3.58. The van der Waals surface area contributed by atoms with Gasteiger partial charge < -0.3 is 0 Å². The van der Waals surface area contributed by atoms with E-state index in [1.807, 2.05) is 11.3 Å². The molecule has 1 atom stereocenters. The van der Waals surface area contributed by atoms with Gasteiger partial charge in [-0.3, -0.25) is 4.90 Å². The lowest BCUT2D eigenvalue weighted by atomic mass is 10.2. The van der Waals surface area contributed by atoms with Gasteiger partial charge in [0, 0.05) is 10.9 Å². The van der Waals surface area contributed by atoms with Crippen LogP contribution in [0.3, 0.4) is 0 Å². The van der Waals surface area contributed by atoms with Crippen molar-refractivity contribution >= 4 is 11.3 Å². The van der Waals surface area contributed by atoms with Crippen molar-refractivity contribution in [1.29, 1.82) is 0 Å². The van der Waals surface area contributed by atoms with Gasteiger partial charge in [-0.25, -0.2) is 0 Å². The molecular weight excluding hydrogens is 166 g/mol. The second-order valence-corrected chi connectivity index (χ2v) is 4.41. The molecule has 12 heavy (non-hydrogen) atoms. The van der Waals surface area contributed by atoms with Crippen molar-refractivity contribution in [3.63, 3.8) is 0 Å². The van der Waals surface area contributed by atoms with Gasteiger partial charge in [-0.05, 0) is 44.3 Å². The third kappa shape index (κ3) is 1.54. The second-order valence-electron chi connectivity index (χ2n) is 3.43. The molecule has 1 aliphatic heterocycles. The molecule has 1 fully saturated rings. The van der Waals surface area contributed by atoms with Crippen molar-refractivity contribution in [2.45, 2.75) is 25.8 Å². The van der Waals surface area contributed by atoms with E-state index in [1.54, 1.807) is 0 Å². The first-order valence-electron chi connectivity index (χ1n) is 4.65. The average molecular weight is 181 g/mol. The van der Waals surface area contributed by atoms with Crippen LogP contribution in [0.2, 0.25) is 0 Å². The zero-order chi connectivity index (χ0) is 8.39. The molecule has 0 spiro atoms. The van der Waals surface area contributed by atoms with Gasteiger partial charge in [-0.2, -0.15) is 0 Å². The fraction of sp³-hybridized carbons (Fsp3) is 0.600. The number of hydrogen-bond acceptors (Lipinski definition) is 2. The van der Waals surface area contributed by atoms with E-state index >= 15 is 0 Å². The predicted molar refractivity (Wildman–Crippen MR) is 53.5 cm³/mol. The van der Waals surface area contributed by atoms with Crippen LogP contribution in [0, 0.1) is 0 Å². The Balaban J connectivity index is 2.04. The summed E-state index contributed by atoms with van der Waals surface area (Å²) in [5.41, 5.74) is 0. The highest BCUT2D eigenvalue weighted by molar-refractivity contribution is 7.10. The molecule has 1 aliphatic rings. The van der Waals surface area contributed by atoms with Crippen molar-refractivity contribution in [2.24, 2.45) is 0 Å². The summed E-state index contributed by atoms with van der Waals surface area (Å²) < 4.78 is 0. The smallest absolute Gasteiger partial charge is 0.0413 e. The summed E-state index contributed by atoms with van der Waals surface area (Å²) >= 11 is 1.88. The van der Waals surface area contributed by atoms with Crippen LogP contribution in [0.1, 0.15) is 30.7 Å². The van der Waals surface area contributed by atoms with Gasteiger partial charge in [0.15, 0.2) is 0 Å². The van der Waals surface area contributed by atoms with Gasteiger partial charge in [-0.1, -0.05) is 6.07 Å². The summed E-state index contributed by atoms with van der Waals surface area (Å²) in [5, 5.41) is 2.17. The van der Waals surface area contributed by atoms with Crippen LogP contribution in [0.15, 0.2) is 17.5 Å². The average Bonchev–Trinajstić information content (AvgIpc) is 2.77. The molecule has 2 heteroatoms. The number of hydrogen-bond donors (Lipinski definition) is 0. The fourth-order valence-corrected chi connectivity index (χ4v) is 2.66. The minimum Gasteiger partial charge on any atom is -0.296 e. The first-order chi connectivity index (χ1) is 5.88. The molecule has 66 valence electrons. The van der Waals surface area contributed by atoms with Crippen LogP contribution in [-0.2, 0) is 0 Å². The zero-order valence-electron chi connectivity index (χ0n) is 7.49. The zero-order valence-corrected chi connectivity index (χ0v) is 8.31. The van der Waals surface area contributed by atoms with Crippen molar-refractivity contribution in [3.8, 4) is 0 Å². The standard InChI is InChI=1S/C10H15NS/c1-9(10-5-4-8-12-10)11-6-2-3-7-11/h4-5,8-9H,2-3,6-7H2,1H3. The molecule has 2 rings (SSSR count). The molecule has 1 nitrogen and oxygen atoms in total. The van der Waals surface area contributed by atoms with Gasteiger partial charge in [0.1, 0.15) is 0 Å². The Morgan fingerprint density at radius 3 is 2.75 bits per heavy atom. The quantitative estimate of drug-likeness (QED) is 0.678. The highest BCUT2D eigenvalue weighted by Crippen LogP contribution is 2.27. The molecule has 0 bridgehead atoms. The molecule has 0 saturated carbocycles. The molecule has 0 aliphatic carbocycles. The topological polar surface area (TPSA) is 3.24 Å². The SMILES string of the molecule is CC(c1cccs1)N1CCCC1. The first-order valence-corrected chi connectivity index (χ1v) is 5.53. The molecule has 1 saturated heterocycles. The summed E-state index contributed by atoms with van der Waals surface area (Å²) in [5.74, 6) is 0. The minimum atomic E-state index is 0.646. The normalized spacial score (nSPS) is 21.4. The predicted octanol–water partition coefficient (Wildman–Crippen LogP) is 2.90. The van der Waals surface area contributed by atoms with E-state index < -0.39 is 0 Å². The molecule has 0 N–H and O–H groups in total. The largest absolute Gasteiger partial charge is 0.296 e. The summed E-state index contributed by atoms with van der Waals surface area (Å²) in [4.78, 5) is 4.09. The van der Waals surface area contributed by atoms with E-state index in [1.165, 1.54) is 30.8 Å². The van der Waals surface area contributed by atoms with Crippen molar-refractivity contribution < 1.29 is 0 Å². The Hall–Kier alpha value is -0.340. The molecule has 1 aromatic rings. The Bertz CT molecular complexity index is 224. The minimum absolute atomic E-state index is 0.646. The number of likely N-dealkylation sites (tertiary alicyclic amines) is 1. The van der Waals surface area contributed by atoms with E-state index in [2.05, 4.69) is 29.3 Å². The maximum atomic E-state index is 2.58. The van der Waals surface area contributed by atoms with Gasteiger partial charge in [0.2, 0.25) is 0 Å². The fourth-order valence-electron chi connectivity index (χ4n) is 1.84. The van der Waals surface area contributed by atoms with Crippen LogP contribution in [0.4, 0.5) is 0 Å². The molecule has 1 aromatic heterocycles. The molecular formula is C10H15NS. The van der Waals surface area contributed by atoms with Gasteiger partial charge in [-0.15, -0.1) is 11.3 Å². The lowest BCUT2D eigenvalue weighted by Crippen LogP contribution is -2.22. The van der Waals surface area contributed by atoms with E-state index in [0.717, 1.165) is 0 Å². The van der Waals surface area contributed by atoms with Crippen molar-refractivity contribution in [2.75, 3.05) is 13.1 Å². The molecule has 0 aromatic carbocycles. The molecule has 1 unspecified atom stereocenters. The maximum absolute atomic E-state index is 2.58. The van der Waals surface area contributed by atoms with E-state index in [-0.39, 0.29) is 0 Å². The van der Waals surface area contributed by atoms with Crippen molar-refractivity contribution in [1.82, 2.24) is 4.90 Å². The Morgan fingerprint density at radius 1 is 1.42 bits per heavy atom. The molecule has 0 amide bonds. The summed E-state index contributed by atoms with van der Waals surface area (Å²) in [6, 6.07) is 5.03. The van der Waals surface area contributed by atoms with Crippen LogP contribution in [0.5, 0.6) is 0 Å². The lowest BCUT2D eigenvalue weighted by Gasteiger charge is -2.22. The maximum Gasteiger partial charge on any atom is 0.0413 e. The number of rotatable bonds is 2. The highest BCUT2D eigenvalue weighted by atomic mass is 32.1. The van der Waals surface area contributed by atoms with Crippen molar-refractivity contribution in [3.05, 3.63) is 22.4 Å². The van der Waals surface area contributed by atoms with Crippen LogP contribution in [-0.4, -0.2) is 18.0 Å². The van der Waals surface area contributed by atoms with Gasteiger partial charge >= 0.3 is 0 Å². The Morgan fingerprint density at radius 2 is 2.17 bits per heavy atom. The van der Waals surface area contributed by atoms with Gasteiger partial charge in [0.25, 0.3) is 0 Å². The first kappa shape index (κ1) is 8.27. The Labute approximate surface area is 78.0 Å². The third-order valence-electron chi connectivity index (χ3n) is 2.64. The molecule has 2 heterocycles. The summed E-state index contributed by atoms with van der Waals surface area (Å²) in [7, 11) is 0. The summed E-state index contributed by atoms with van der Waals surface area (Å²) in [6.07, 6.45) is 2.77. The third-order valence-corrected chi connectivity index (χ3v) is 3.69. The van der Waals surface area contributed by atoms with Crippen LogP contribution >= 0.6 is 11.3 Å². The number of thiophene rings is 1. The monoisotopic (exact) mass is 181 g/mol. The van der Waals surface area contributed by atoms with E-state index in [9.17, 15) is 0 Å². The highest BCUT2D eigenvalue weighted by Gasteiger charge is 2.19. The van der Waals surface area contributed by atoms with Crippen LogP contribution < -0.4 is 0 Å². The van der Waals surface area contributed by atoms with E-state index in [4.69, 9.17) is 0 Å². The summed E-state index contributed by atoms with van der Waals surface area (Å²) in [6.45, 7) is 4.90.